The van der Waals surface area contributed by atoms with Crippen molar-refractivity contribution in [2.45, 2.75) is 12.7 Å². The molecule has 4 nitrogen and oxygen atoms in total. The van der Waals surface area contributed by atoms with Gasteiger partial charge in [-0.05, 0) is 0 Å². The highest BCUT2D eigenvalue weighted by molar-refractivity contribution is 5.84. The molecule has 4 heteroatoms. The zero-order chi connectivity index (χ0) is 9.56. The smallest absolute Gasteiger partial charge is 0.217 e. The molecule has 0 fully saturated rings. The van der Waals surface area contributed by atoms with Crippen LogP contribution in [0, 0.1) is 11.3 Å². The van der Waals surface area contributed by atoms with Gasteiger partial charge in [-0.1, -0.05) is 6.58 Å². The van der Waals surface area contributed by atoms with Crippen LogP contribution >= 0.6 is 0 Å². The fraction of sp³-hybridized carbons (Fsp3) is 0.500. The van der Waals surface area contributed by atoms with Crippen LogP contribution in [0.15, 0.2) is 12.2 Å². The van der Waals surface area contributed by atoms with Crippen LogP contribution in [0.4, 0.5) is 0 Å². The molecule has 0 bridgehead atoms. The molecule has 66 valence electrons. The van der Waals surface area contributed by atoms with Gasteiger partial charge < -0.3 is 9.47 Å². The van der Waals surface area contributed by atoms with E-state index >= 15 is 0 Å². The second-order valence-electron chi connectivity index (χ2n) is 2.16. The third-order valence-corrected chi connectivity index (χ3v) is 1.24. The van der Waals surface area contributed by atoms with Crippen LogP contribution in [0.2, 0.25) is 0 Å². The fourth-order valence-corrected chi connectivity index (χ4v) is 0.692. The van der Waals surface area contributed by atoms with Gasteiger partial charge in [0.1, 0.15) is 0 Å². The average molecular weight is 169 g/mol. The number of allylic oxidation sites excluding steroid dienone is 1. The quantitative estimate of drug-likeness (QED) is 0.447. The SMILES string of the molecule is C=C(C#N)CC(=O)C(OC)OC. The zero-order valence-corrected chi connectivity index (χ0v) is 7.16. The number of carbonyl (C=O) groups is 1. The molecule has 0 radical (unpaired) electrons. The van der Waals surface area contributed by atoms with E-state index in [1.807, 2.05) is 0 Å². The highest BCUT2D eigenvalue weighted by Crippen LogP contribution is 2.03. The van der Waals surface area contributed by atoms with Gasteiger partial charge >= 0.3 is 0 Å². The Labute approximate surface area is 71.4 Å². The minimum atomic E-state index is -0.893. The third kappa shape index (κ3) is 3.28. The summed E-state index contributed by atoms with van der Waals surface area (Å²) in [6, 6.07) is 1.77. The Balaban J connectivity index is 4.03. The summed E-state index contributed by atoms with van der Waals surface area (Å²) in [4.78, 5) is 11.1. The number of hydrogen-bond acceptors (Lipinski definition) is 4. The molecule has 0 amide bonds. The molecule has 0 aliphatic heterocycles. The van der Waals surface area contributed by atoms with Gasteiger partial charge in [-0.15, -0.1) is 0 Å². The minimum Gasteiger partial charge on any atom is -0.349 e. The highest BCUT2D eigenvalue weighted by Gasteiger charge is 2.16. The van der Waals surface area contributed by atoms with Gasteiger partial charge in [0, 0.05) is 26.2 Å². The van der Waals surface area contributed by atoms with Gasteiger partial charge in [0.15, 0.2) is 5.78 Å². The Morgan fingerprint density at radius 3 is 2.42 bits per heavy atom. The first kappa shape index (κ1) is 10.8. The number of rotatable bonds is 5. The molecule has 0 aromatic heterocycles. The molecule has 0 aliphatic rings. The van der Waals surface area contributed by atoms with E-state index in [9.17, 15) is 4.79 Å². The van der Waals surface area contributed by atoms with Crippen molar-refractivity contribution in [1.82, 2.24) is 0 Å². The maximum Gasteiger partial charge on any atom is 0.217 e. The summed E-state index contributed by atoms with van der Waals surface area (Å²) in [6.07, 6.45) is -0.918. The first-order chi connectivity index (χ1) is 5.65. The van der Waals surface area contributed by atoms with Crippen molar-refractivity contribution in [3.8, 4) is 6.07 Å². The van der Waals surface area contributed by atoms with Crippen LogP contribution in [0.3, 0.4) is 0 Å². The molecule has 0 atom stereocenters. The Morgan fingerprint density at radius 2 is 2.08 bits per heavy atom. The summed E-state index contributed by atoms with van der Waals surface area (Å²) in [5, 5.41) is 8.33. The molecule has 0 aliphatic carbocycles. The molecule has 0 unspecified atom stereocenters. The molecule has 0 saturated carbocycles. The monoisotopic (exact) mass is 169 g/mol. The fourth-order valence-electron chi connectivity index (χ4n) is 0.692. The summed E-state index contributed by atoms with van der Waals surface area (Å²) >= 11 is 0. The summed E-state index contributed by atoms with van der Waals surface area (Å²) in [5.41, 5.74) is 0.208. The van der Waals surface area contributed by atoms with Crippen LogP contribution in [0.1, 0.15) is 6.42 Å². The number of Topliss-reactive ketones (excluding diaryl/α,β-unsaturated/α-hetero) is 1. The molecule has 0 saturated heterocycles. The normalized spacial score (nSPS) is 9.50. The summed E-state index contributed by atoms with van der Waals surface area (Å²) in [6.45, 7) is 3.37. The standard InChI is InChI=1S/C8H11NO3/c1-6(5-9)4-7(10)8(11-2)12-3/h8H,1,4H2,2-3H3. The van der Waals surface area contributed by atoms with Gasteiger partial charge in [0.25, 0.3) is 0 Å². The van der Waals surface area contributed by atoms with Gasteiger partial charge in [0.05, 0.1) is 6.07 Å². The molecule has 0 aromatic carbocycles. The van der Waals surface area contributed by atoms with Crippen molar-refractivity contribution in [2.75, 3.05) is 14.2 Å². The largest absolute Gasteiger partial charge is 0.349 e. The lowest BCUT2D eigenvalue weighted by Gasteiger charge is -2.10. The number of methoxy groups -OCH3 is 2. The van der Waals surface area contributed by atoms with Crippen molar-refractivity contribution in [3.05, 3.63) is 12.2 Å². The molecule has 0 N–H and O–H groups in total. The number of ether oxygens (including phenoxy) is 2. The topological polar surface area (TPSA) is 59.3 Å². The van der Waals surface area contributed by atoms with E-state index in [1.165, 1.54) is 14.2 Å². The Bertz CT molecular complexity index is 213. The number of nitrogens with zero attached hydrogens (tertiary/aromatic N) is 1. The maximum atomic E-state index is 11.1. The van der Waals surface area contributed by atoms with E-state index in [1.54, 1.807) is 6.07 Å². The van der Waals surface area contributed by atoms with Gasteiger partial charge in [0.2, 0.25) is 6.29 Å². The molecule has 0 heterocycles. The Hall–Kier alpha value is -1.18. The van der Waals surface area contributed by atoms with E-state index in [0.717, 1.165) is 0 Å². The molecule has 0 spiro atoms. The lowest BCUT2D eigenvalue weighted by atomic mass is 10.1. The van der Waals surface area contributed by atoms with Crippen LogP contribution in [-0.2, 0) is 14.3 Å². The van der Waals surface area contributed by atoms with Gasteiger partial charge in [-0.25, -0.2) is 0 Å². The van der Waals surface area contributed by atoms with Crippen LogP contribution in [-0.4, -0.2) is 26.3 Å². The predicted octanol–water partition coefficient (Wildman–Crippen LogP) is 0.644. The number of hydrogen-bond donors (Lipinski definition) is 0. The second kappa shape index (κ2) is 5.47. The number of nitriles is 1. The number of carbonyl (C=O) groups excluding carboxylic acids is 1. The molecule has 0 rings (SSSR count). The van der Waals surface area contributed by atoms with Crippen molar-refractivity contribution < 1.29 is 14.3 Å². The summed E-state index contributed by atoms with van der Waals surface area (Å²) in [7, 11) is 2.72. The molecular weight excluding hydrogens is 158 g/mol. The van der Waals surface area contributed by atoms with Crippen molar-refractivity contribution in [2.24, 2.45) is 0 Å². The zero-order valence-electron chi connectivity index (χ0n) is 7.16. The Morgan fingerprint density at radius 1 is 1.58 bits per heavy atom. The summed E-state index contributed by atoms with van der Waals surface area (Å²) < 4.78 is 9.37. The van der Waals surface area contributed by atoms with E-state index < -0.39 is 6.29 Å². The number of ketones is 1. The molecular formula is C8H11NO3. The Kier molecular flexibility index (Phi) is 4.93. The minimum absolute atomic E-state index is 0.0250. The van der Waals surface area contributed by atoms with E-state index in [4.69, 9.17) is 5.26 Å². The van der Waals surface area contributed by atoms with Crippen LogP contribution in [0.5, 0.6) is 0 Å². The van der Waals surface area contributed by atoms with Crippen LogP contribution in [0.25, 0.3) is 0 Å². The van der Waals surface area contributed by atoms with Crippen LogP contribution < -0.4 is 0 Å². The van der Waals surface area contributed by atoms with Gasteiger partial charge in [-0.3, -0.25) is 4.79 Å². The predicted molar refractivity (Wildman–Crippen MR) is 42.2 cm³/mol. The maximum absolute atomic E-state index is 11.1. The highest BCUT2D eigenvalue weighted by atomic mass is 16.7. The van der Waals surface area contributed by atoms with E-state index in [2.05, 4.69) is 16.1 Å². The van der Waals surface area contributed by atoms with Crippen molar-refractivity contribution in [1.29, 1.82) is 5.26 Å². The lowest BCUT2D eigenvalue weighted by Crippen LogP contribution is -2.24. The second-order valence-corrected chi connectivity index (χ2v) is 2.16. The third-order valence-electron chi connectivity index (χ3n) is 1.24. The lowest BCUT2D eigenvalue weighted by molar-refractivity contribution is -0.155. The van der Waals surface area contributed by atoms with E-state index in [0.29, 0.717) is 0 Å². The van der Waals surface area contributed by atoms with Crippen molar-refractivity contribution in [3.63, 3.8) is 0 Å². The molecule has 0 aromatic rings. The first-order valence-corrected chi connectivity index (χ1v) is 3.31. The average Bonchev–Trinajstić information content (AvgIpc) is 2.06. The summed E-state index contributed by atoms with van der Waals surface area (Å²) in [5.74, 6) is -0.299. The van der Waals surface area contributed by atoms with Gasteiger partial charge in [-0.2, -0.15) is 5.26 Å². The van der Waals surface area contributed by atoms with Crippen molar-refractivity contribution >= 4 is 5.78 Å². The van der Waals surface area contributed by atoms with E-state index in [-0.39, 0.29) is 17.8 Å². The molecule has 12 heavy (non-hydrogen) atoms. The first-order valence-electron chi connectivity index (χ1n) is 3.31.